The molecule has 9 N–H and O–H groups in total. The molecule has 73 heavy (non-hydrogen) atoms. The maximum absolute atomic E-state index is 13.0. The summed E-state index contributed by atoms with van der Waals surface area (Å²) in [6, 6.07) is 29.0. The van der Waals surface area contributed by atoms with Crippen LogP contribution >= 0.6 is 0 Å². The first-order chi connectivity index (χ1) is 35.4. The normalized spacial score (nSPS) is 15.1. The molecular weight excluding hydrogens is 905 g/mol. The van der Waals surface area contributed by atoms with Crippen LogP contribution in [0.1, 0.15) is 127 Å². The number of aromatic nitrogens is 2. The first kappa shape index (κ1) is 50.5. The summed E-state index contributed by atoms with van der Waals surface area (Å²) in [4.78, 5) is 35.9. The molecule has 0 spiro atoms. The molecule has 12 heteroatoms. The second-order valence-electron chi connectivity index (χ2n) is 20.5. The van der Waals surface area contributed by atoms with Gasteiger partial charge in [0.15, 0.2) is 6.04 Å². The Morgan fingerprint density at radius 3 is 1.74 bits per heavy atom. The van der Waals surface area contributed by atoms with Gasteiger partial charge in [-0.3, -0.25) is 9.59 Å². The summed E-state index contributed by atoms with van der Waals surface area (Å²) < 4.78 is 2.44. The van der Waals surface area contributed by atoms with Crippen molar-refractivity contribution in [3.63, 3.8) is 0 Å². The summed E-state index contributed by atoms with van der Waals surface area (Å²) in [6.45, 7) is 15.6. The smallest absolute Gasteiger partial charge is 0.251 e. The zero-order valence-electron chi connectivity index (χ0n) is 43.2. The SMILES string of the molecule is C=C1C=C(NCCCCCCNC(=O)c2ccc(-c3ccc(C(=O)NCCCCCCNc4cc5c(cc4C)nc4cc(C)c(N)cc4[n+]5C4CC4)cc3)cc2)C(C)=C/C1=N/c1cc(C)c(N)cc1NC1CC1. The first-order valence-corrected chi connectivity index (χ1v) is 26.5. The molecule has 378 valence electrons. The number of allylic oxidation sites excluding steroid dienone is 4. The van der Waals surface area contributed by atoms with E-state index in [0.717, 1.165) is 160 Å². The fraction of sp³-hybridized carbons (Fsp3) is 0.361. The van der Waals surface area contributed by atoms with E-state index in [-0.39, 0.29) is 11.8 Å². The minimum Gasteiger partial charge on any atom is -0.398 e. The van der Waals surface area contributed by atoms with Gasteiger partial charge in [-0.1, -0.05) is 56.5 Å². The van der Waals surface area contributed by atoms with Crippen molar-refractivity contribution < 1.29 is 14.2 Å². The molecule has 0 radical (unpaired) electrons. The van der Waals surface area contributed by atoms with Gasteiger partial charge in [0, 0.05) is 91.1 Å². The molecule has 0 bridgehead atoms. The first-order valence-electron chi connectivity index (χ1n) is 26.5. The van der Waals surface area contributed by atoms with Crippen molar-refractivity contribution in [1.82, 2.24) is 20.9 Å². The van der Waals surface area contributed by atoms with Crippen LogP contribution in [0.2, 0.25) is 0 Å². The van der Waals surface area contributed by atoms with Crippen LogP contribution in [0.25, 0.3) is 33.2 Å². The van der Waals surface area contributed by atoms with Crippen molar-refractivity contribution in [3.8, 4) is 11.1 Å². The van der Waals surface area contributed by atoms with Crippen LogP contribution in [0.4, 0.5) is 28.4 Å². The van der Waals surface area contributed by atoms with Crippen LogP contribution in [-0.2, 0) is 0 Å². The summed E-state index contributed by atoms with van der Waals surface area (Å²) in [5.41, 5.74) is 31.9. The largest absolute Gasteiger partial charge is 0.398 e. The number of nitrogens with zero attached hydrogens (tertiary/aromatic N) is 3. The fourth-order valence-electron chi connectivity index (χ4n) is 9.54. The molecule has 0 aliphatic heterocycles. The van der Waals surface area contributed by atoms with Crippen molar-refractivity contribution in [3.05, 3.63) is 148 Å². The Morgan fingerprint density at radius 1 is 0.616 bits per heavy atom. The molecule has 12 nitrogen and oxygen atoms in total. The number of hydrogen-bond donors (Lipinski definition) is 7. The lowest BCUT2D eigenvalue weighted by Gasteiger charge is -2.19. The van der Waals surface area contributed by atoms with Crippen molar-refractivity contribution >= 4 is 68.0 Å². The minimum absolute atomic E-state index is 0.0647. The third-order valence-electron chi connectivity index (χ3n) is 14.4. The number of fused-ring (bicyclic) bond motifs is 2. The van der Waals surface area contributed by atoms with Gasteiger partial charge in [-0.15, -0.1) is 0 Å². The Morgan fingerprint density at radius 2 is 1.15 bits per heavy atom. The Labute approximate surface area is 430 Å². The van der Waals surface area contributed by atoms with Gasteiger partial charge < -0.3 is 38.1 Å². The molecule has 0 unspecified atom stereocenters. The molecule has 2 amide bonds. The summed E-state index contributed by atoms with van der Waals surface area (Å²) in [6.07, 6.45) is 17.1. The summed E-state index contributed by atoms with van der Waals surface area (Å²) in [5, 5.41) is 17.0. The second-order valence-corrected chi connectivity index (χ2v) is 20.5. The monoisotopic (exact) mass is 978 g/mol. The Hall–Kier alpha value is -7.47. The van der Waals surface area contributed by atoms with E-state index in [9.17, 15) is 9.59 Å². The number of amides is 2. The van der Waals surface area contributed by atoms with Crippen molar-refractivity contribution in [2.45, 2.75) is 117 Å². The number of nitrogens with one attached hydrogen (secondary N) is 5. The Kier molecular flexibility index (Phi) is 15.9. The van der Waals surface area contributed by atoms with E-state index in [1.807, 2.05) is 74.5 Å². The molecule has 6 aromatic rings. The molecule has 0 atom stereocenters. The Balaban J connectivity index is 0.632. The molecule has 5 aromatic carbocycles. The highest BCUT2D eigenvalue weighted by molar-refractivity contribution is 6.13. The average molecular weight is 978 g/mol. The predicted molar refractivity (Wildman–Crippen MR) is 302 cm³/mol. The number of carbonyl (C=O) groups excluding carboxylic acids is 2. The fourth-order valence-corrected chi connectivity index (χ4v) is 9.54. The third-order valence-corrected chi connectivity index (χ3v) is 14.4. The van der Waals surface area contributed by atoms with Gasteiger partial charge in [0.1, 0.15) is 11.0 Å². The molecule has 2 fully saturated rings. The zero-order chi connectivity index (χ0) is 51.0. The summed E-state index contributed by atoms with van der Waals surface area (Å²) >= 11 is 0. The number of benzene rings is 5. The van der Waals surface area contributed by atoms with Crippen LogP contribution in [-0.4, -0.2) is 54.7 Å². The van der Waals surface area contributed by atoms with Crippen molar-refractivity contribution in [2.75, 3.05) is 48.3 Å². The van der Waals surface area contributed by atoms with Gasteiger partial charge in [0.05, 0.1) is 17.1 Å². The number of unbranched alkanes of at least 4 members (excludes halogenated alkanes) is 6. The molecular formula is C61H73N10O2+. The number of aryl methyl sites for hydroxylation is 3. The highest BCUT2D eigenvalue weighted by Gasteiger charge is 2.36. The number of rotatable bonds is 23. The average Bonchev–Trinajstić information content (AvgIpc) is 4.34. The lowest BCUT2D eigenvalue weighted by molar-refractivity contribution is -0.649. The molecule has 2 saturated carbocycles. The van der Waals surface area contributed by atoms with Crippen molar-refractivity contribution in [2.24, 2.45) is 4.99 Å². The van der Waals surface area contributed by atoms with Crippen LogP contribution in [0, 0.1) is 20.8 Å². The van der Waals surface area contributed by atoms with Gasteiger partial charge in [-0.25, -0.2) is 9.98 Å². The van der Waals surface area contributed by atoms with E-state index in [2.05, 4.69) is 88.0 Å². The highest BCUT2D eigenvalue weighted by Crippen LogP contribution is 2.37. The molecule has 1 aromatic heterocycles. The maximum Gasteiger partial charge on any atom is 0.251 e. The van der Waals surface area contributed by atoms with Gasteiger partial charge in [0.2, 0.25) is 11.0 Å². The number of hydrogen-bond acceptors (Lipinski definition) is 9. The number of nitrogen functional groups attached to an aromatic ring is 2. The molecule has 9 rings (SSSR count). The molecule has 0 saturated heterocycles. The highest BCUT2D eigenvalue weighted by atomic mass is 16.2. The van der Waals surface area contributed by atoms with Crippen LogP contribution in [0.5, 0.6) is 0 Å². The van der Waals surface area contributed by atoms with Crippen LogP contribution in [0.3, 0.4) is 0 Å². The van der Waals surface area contributed by atoms with E-state index in [1.165, 1.54) is 31.2 Å². The van der Waals surface area contributed by atoms with Gasteiger partial charge in [-0.2, -0.15) is 4.57 Å². The number of aliphatic imine (C=N–C) groups is 1. The van der Waals surface area contributed by atoms with E-state index < -0.39 is 0 Å². The number of carbonyl (C=O) groups is 2. The number of anilines is 4. The number of nitrogens with two attached hydrogens (primary N) is 2. The van der Waals surface area contributed by atoms with Crippen molar-refractivity contribution in [1.29, 1.82) is 0 Å². The Bertz CT molecular complexity index is 3130. The molecule has 3 aliphatic rings. The summed E-state index contributed by atoms with van der Waals surface area (Å²) in [7, 11) is 0. The van der Waals surface area contributed by atoms with Gasteiger partial charge in [-0.05, 0) is 166 Å². The predicted octanol–water partition coefficient (Wildman–Crippen LogP) is 11.8. The van der Waals surface area contributed by atoms with Gasteiger partial charge >= 0.3 is 0 Å². The lowest BCUT2D eigenvalue weighted by atomic mass is 9.99. The molecule has 1 heterocycles. The third kappa shape index (κ3) is 12.8. The van der Waals surface area contributed by atoms with Gasteiger partial charge in [0.25, 0.3) is 11.8 Å². The van der Waals surface area contributed by atoms with E-state index >= 15 is 0 Å². The van der Waals surface area contributed by atoms with E-state index in [1.54, 1.807) is 0 Å². The minimum atomic E-state index is -0.0697. The maximum atomic E-state index is 13.0. The second kappa shape index (κ2) is 22.9. The topological polar surface area (TPSA) is 175 Å². The van der Waals surface area contributed by atoms with E-state index in [0.29, 0.717) is 36.3 Å². The zero-order valence-corrected chi connectivity index (χ0v) is 43.2. The van der Waals surface area contributed by atoms with Crippen LogP contribution in [0.15, 0.2) is 125 Å². The molecule has 3 aliphatic carbocycles. The lowest BCUT2D eigenvalue weighted by Crippen LogP contribution is -2.35. The van der Waals surface area contributed by atoms with Crippen LogP contribution < -0.4 is 42.6 Å². The summed E-state index contributed by atoms with van der Waals surface area (Å²) in [5.74, 6) is -0.134. The van der Waals surface area contributed by atoms with E-state index in [4.69, 9.17) is 21.4 Å². The standard InChI is InChI=1S/C61H72N10O2/c1-38-30-54(55(35-49(38)62)68-47-22-23-47)69-53-33-40(3)51(32-42(53)5)64-26-10-6-8-12-28-66-60(72)45-18-14-43(15-19-45)44-16-20-46(21-17-44)61(73)67-29-13-9-7-11-27-65-52-37-59-57(34-41(52)4)70-56-31-39(2)50(63)36-58(56)71(59)48-24-25-48/h14-21,30-37,47-48,64,68H,5-13,22-29,62H2,1-4H3,(H4,63,65,66,67,72,73)/p+1/b69-53-. The quantitative estimate of drug-likeness (QED) is 0.0144.